The normalized spacial score (nSPS) is 11.4. The maximum Gasteiger partial charge on any atom is 0.238 e. The molecule has 32 heavy (non-hydrogen) atoms. The quantitative estimate of drug-likeness (QED) is 0.330. The average Bonchev–Trinajstić information content (AvgIpc) is 2.78. The van der Waals surface area contributed by atoms with Crippen LogP contribution in [0.1, 0.15) is 0 Å². The second kappa shape index (κ2) is 8.67. The molecule has 6 nitrogen and oxygen atoms in total. The second-order valence-electron chi connectivity index (χ2n) is 6.49. The van der Waals surface area contributed by atoms with E-state index < -0.39 is 44.4 Å². The van der Waals surface area contributed by atoms with E-state index in [1.807, 2.05) is 0 Å². The molecular weight excluding hydrogens is 454 g/mol. The van der Waals surface area contributed by atoms with Gasteiger partial charge in [-0.25, -0.2) is 31.1 Å². The third-order valence-corrected chi connectivity index (χ3v) is 5.62. The van der Waals surface area contributed by atoms with Gasteiger partial charge in [-0.2, -0.15) is 0 Å². The molecule has 0 aliphatic rings. The van der Waals surface area contributed by atoms with E-state index in [4.69, 9.17) is 19.3 Å². The van der Waals surface area contributed by atoms with Crippen molar-refractivity contribution < 1.29 is 40.2 Å². The molecule has 0 aromatic heterocycles. The van der Waals surface area contributed by atoms with Crippen molar-refractivity contribution in [2.45, 2.75) is 4.90 Å². The summed E-state index contributed by atoms with van der Waals surface area (Å²) in [6.07, 6.45) is 0. The molecule has 0 unspecified atom stereocenters. The molecule has 0 atom stereocenters. The predicted octanol–water partition coefficient (Wildman–Crippen LogP) is 4.25. The van der Waals surface area contributed by atoms with Crippen LogP contribution in [0, 0.1) is 23.3 Å². The molecule has 0 bridgehead atoms. The minimum absolute atomic E-state index is 0.0573. The molecule has 0 aliphatic heterocycles. The third-order valence-electron chi connectivity index (χ3n) is 4.69. The highest BCUT2D eigenvalue weighted by molar-refractivity contribution is 7.89. The smallest absolute Gasteiger partial charge is 0.238 e. The highest BCUT2D eigenvalue weighted by Crippen LogP contribution is 2.45. The Morgan fingerprint density at radius 2 is 1.12 bits per heavy atom. The first-order chi connectivity index (χ1) is 15.0. The maximum atomic E-state index is 15.0. The molecule has 2 N–H and O–H groups in total. The van der Waals surface area contributed by atoms with Gasteiger partial charge in [-0.15, -0.1) is 0 Å². The van der Waals surface area contributed by atoms with Crippen molar-refractivity contribution in [2.75, 3.05) is 21.3 Å². The van der Waals surface area contributed by atoms with Crippen LogP contribution in [0.5, 0.6) is 17.2 Å². The fourth-order valence-electron chi connectivity index (χ4n) is 3.21. The van der Waals surface area contributed by atoms with Crippen LogP contribution in [-0.2, 0) is 10.0 Å². The minimum atomic E-state index is -4.07. The monoisotopic (exact) mass is 471 g/mol. The van der Waals surface area contributed by atoms with Crippen molar-refractivity contribution in [1.82, 2.24) is 0 Å². The Bertz CT molecular complexity index is 1270. The molecule has 0 amide bonds. The van der Waals surface area contributed by atoms with Crippen molar-refractivity contribution in [3.05, 3.63) is 59.7 Å². The van der Waals surface area contributed by atoms with Crippen LogP contribution in [-0.4, -0.2) is 29.7 Å². The lowest BCUT2D eigenvalue weighted by molar-refractivity contribution is 0.324. The molecule has 0 heterocycles. The zero-order chi connectivity index (χ0) is 23.8. The fraction of sp³-hybridized carbons (Fsp3) is 0.143. The molecule has 3 aromatic carbocycles. The summed E-state index contributed by atoms with van der Waals surface area (Å²) >= 11 is 0. The van der Waals surface area contributed by atoms with Gasteiger partial charge in [-0.1, -0.05) is 12.1 Å². The number of benzene rings is 3. The van der Waals surface area contributed by atoms with Crippen molar-refractivity contribution in [2.24, 2.45) is 5.14 Å². The van der Waals surface area contributed by atoms with Crippen LogP contribution in [0.15, 0.2) is 41.3 Å². The second-order valence-corrected chi connectivity index (χ2v) is 8.05. The average molecular weight is 471 g/mol. The van der Waals surface area contributed by atoms with Gasteiger partial charge >= 0.3 is 0 Å². The SMILES string of the molecule is COc1cc(-c2c(F)c(F)c(F)c(F)c2-c2ccc(S(N)(=O)=O)cc2)cc(OC)c1OC. The Morgan fingerprint density at radius 3 is 1.50 bits per heavy atom. The topological polar surface area (TPSA) is 87.9 Å². The number of hydrogen-bond acceptors (Lipinski definition) is 5. The molecule has 0 saturated carbocycles. The first-order valence-corrected chi connectivity index (χ1v) is 10.4. The van der Waals surface area contributed by atoms with Gasteiger partial charge in [0, 0.05) is 11.1 Å². The number of sulfonamides is 1. The van der Waals surface area contributed by atoms with E-state index in [0.717, 1.165) is 24.3 Å². The van der Waals surface area contributed by atoms with Crippen LogP contribution in [0.2, 0.25) is 0 Å². The lowest BCUT2D eigenvalue weighted by Gasteiger charge is -2.18. The number of methoxy groups -OCH3 is 3. The summed E-state index contributed by atoms with van der Waals surface area (Å²) in [5, 5.41) is 5.04. The number of halogens is 4. The Hall–Kier alpha value is -3.31. The highest BCUT2D eigenvalue weighted by atomic mass is 32.2. The Labute approximate surface area is 181 Å². The van der Waals surface area contributed by atoms with Crippen molar-refractivity contribution in [1.29, 1.82) is 0 Å². The number of hydrogen-bond donors (Lipinski definition) is 1. The van der Waals surface area contributed by atoms with Crippen LogP contribution >= 0.6 is 0 Å². The van der Waals surface area contributed by atoms with E-state index in [1.165, 1.54) is 33.5 Å². The zero-order valence-corrected chi connectivity index (χ0v) is 17.8. The highest BCUT2D eigenvalue weighted by Gasteiger charge is 2.29. The molecule has 11 heteroatoms. The standard InChI is InChI=1S/C21H17F4NO5S/c1-29-13-8-11(9-14(30-2)21(13)31-3)16-15(17(22)19(24)20(25)18(16)23)10-4-6-12(7-5-10)32(26,27)28/h4-9H,1-3H3,(H2,26,27,28). The molecule has 3 aromatic rings. The van der Waals surface area contributed by atoms with E-state index >= 15 is 0 Å². The van der Waals surface area contributed by atoms with Crippen molar-refractivity contribution in [3.8, 4) is 39.5 Å². The molecule has 0 saturated heterocycles. The Kier molecular flexibility index (Phi) is 6.33. The van der Waals surface area contributed by atoms with Gasteiger partial charge in [0.15, 0.2) is 34.8 Å². The van der Waals surface area contributed by atoms with E-state index in [1.54, 1.807) is 0 Å². The molecule has 0 spiro atoms. The molecule has 3 rings (SSSR count). The summed E-state index contributed by atoms with van der Waals surface area (Å²) in [7, 11) is -0.166. The van der Waals surface area contributed by atoms with Crippen LogP contribution in [0.4, 0.5) is 17.6 Å². The molecule has 170 valence electrons. The third kappa shape index (κ3) is 3.96. The summed E-state index contributed by atoms with van der Waals surface area (Å²) in [4.78, 5) is -0.306. The Balaban J connectivity index is 2.40. The summed E-state index contributed by atoms with van der Waals surface area (Å²) < 4.78 is 96.8. The van der Waals surface area contributed by atoms with Gasteiger partial charge in [0.25, 0.3) is 0 Å². The van der Waals surface area contributed by atoms with E-state index in [0.29, 0.717) is 0 Å². The van der Waals surface area contributed by atoms with Crippen LogP contribution in [0.25, 0.3) is 22.3 Å². The number of rotatable bonds is 6. The largest absolute Gasteiger partial charge is 0.493 e. The molecule has 0 aliphatic carbocycles. The summed E-state index contributed by atoms with van der Waals surface area (Å²) in [6.45, 7) is 0. The van der Waals surface area contributed by atoms with Gasteiger partial charge in [-0.05, 0) is 35.4 Å². The van der Waals surface area contributed by atoms with E-state index in [9.17, 15) is 26.0 Å². The summed E-state index contributed by atoms with van der Waals surface area (Å²) in [5.41, 5.74) is -1.52. The lowest BCUT2D eigenvalue weighted by Crippen LogP contribution is -2.11. The van der Waals surface area contributed by atoms with Gasteiger partial charge in [0.1, 0.15) is 0 Å². The van der Waals surface area contributed by atoms with E-state index in [2.05, 4.69) is 0 Å². The minimum Gasteiger partial charge on any atom is -0.493 e. The van der Waals surface area contributed by atoms with Gasteiger partial charge in [0.2, 0.25) is 15.8 Å². The Morgan fingerprint density at radius 1 is 0.688 bits per heavy atom. The van der Waals surface area contributed by atoms with E-state index in [-0.39, 0.29) is 33.3 Å². The van der Waals surface area contributed by atoms with Crippen molar-refractivity contribution >= 4 is 10.0 Å². The van der Waals surface area contributed by atoms with Gasteiger partial charge in [-0.3, -0.25) is 0 Å². The van der Waals surface area contributed by atoms with Crippen molar-refractivity contribution in [3.63, 3.8) is 0 Å². The maximum absolute atomic E-state index is 15.0. The fourth-order valence-corrected chi connectivity index (χ4v) is 3.73. The number of ether oxygens (including phenoxy) is 3. The molecular formula is C21H17F4NO5S. The summed E-state index contributed by atoms with van der Waals surface area (Å²) in [6, 6.07) is 6.72. The van der Waals surface area contributed by atoms with Gasteiger partial charge in [0.05, 0.1) is 26.2 Å². The first kappa shape index (κ1) is 23.4. The number of primary sulfonamides is 1. The zero-order valence-electron chi connectivity index (χ0n) is 17.0. The van der Waals surface area contributed by atoms with Gasteiger partial charge < -0.3 is 14.2 Å². The number of nitrogens with two attached hydrogens (primary N) is 1. The molecule has 0 radical (unpaired) electrons. The van der Waals surface area contributed by atoms with Crippen LogP contribution in [0.3, 0.4) is 0 Å². The summed E-state index contributed by atoms with van der Waals surface area (Å²) in [5.74, 6) is -7.12. The molecule has 0 fully saturated rings. The lowest BCUT2D eigenvalue weighted by atomic mass is 9.92. The first-order valence-electron chi connectivity index (χ1n) is 8.84. The predicted molar refractivity (Wildman–Crippen MR) is 108 cm³/mol. The van der Waals surface area contributed by atoms with Crippen LogP contribution < -0.4 is 19.3 Å².